The molecule has 3 atom stereocenters. The van der Waals surface area contributed by atoms with Crippen molar-refractivity contribution in [2.75, 3.05) is 6.61 Å². The average Bonchev–Trinajstić information content (AvgIpc) is 2.39. The summed E-state index contributed by atoms with van der Waals surface area (Å²) in [6, 6.07) is 4.56. The fourth-order valence-electron chi connectivity index (χ4n) is 3.18. The molecule has 1 aromatic carbocycles. The van der Waals surface area contributed by atoms with Crippen molar-refractivity contribution in [3.05, 3.63) is 35.1 Å². The monoisotopic (exact) mass is 313 g/mol. The van der Waals surface area contributed by atoms with Gasteiger partial charge in [0.15, 0.2) is 0 Å². The molecule has 0 unspecified atom stereocenters. The van der Waals surface area contributed by atoms with E-state index in [1.165, 1.54) is 12.1 Å². The maximum Gasteiger partial charge on any atom is 0.216 e. The summed E-state index contributed by atoms with van der Waals surface area (Å²) in [5, 5.41) is 0. The van der Waals surface area contributed by atoms with Crippen LogP contribution in [-0.4, -0.2) is 27.2 Å². The number of sulfonamides is 1. The van der Waals surface area contributed by atoms with Gasteiger partial charge in [-0.1, -0.05) is 12.1 Å². The molecule has 116 valence electrons. The highest BCUT2D eigenvalue weighted by Gasteiger charge is 2.44. The standard InChI is InChI=1S/C15H20FNO3S/c1-10-4-5-11(13(16)7-10)9-21(18,19)17-14-8-15-12(14)3-2-6-20-15/h4-5,7,12,14-15,17H,2-3,6,8-9H2,1H3/t12-,14+,15+/m0/s1. The van der Waals surface area contributed by atoms with Gasteiger partial charge in [-0.2, -0.15) is 0 Å². The van der Waals surface area contributed by atoms with Crippen LogP contribution in [0.4, 0.5) is 4.39 Å². The van der Waals surface area contributed by atoms with E-state index in [2.05, 4.69) is 4.72 Å². The summed E-state index contributed by atoms with van der Waals surface area (Å²) in [4.78, 5) is 0. The first-order valence-electron chi connectivity index (χ1n) is 7.31. The molecule has 1 saturated heterocycles. The van der Waals surface area contributed by atoms with Gasteiger partial charge in [-0.05, 0) is 37.8 Å². The Morgan fingerprint density at radius 3 is 2.95 bits per heavy atom. The first-order valence-corrected chi connectivity index (χ1v) is 8.96. The van der Waals surface area contributed by atoms with Crippen molar-refractivity contribution in [1.82, 2.24) is 4.72 Å². The average molecular weight is 313 g/mol. The molecule has 1 saturated carbocycles. The van der Waals surface area contributed by atoms with E-state index in [-0.39, 0.29) is 29.4 Å². The zero-order valence-corrected chi connectivity index (χ0v) is 12.8. The predicted octanol–water partition coefficient (Wildman–Crippen LogP) is 2.12. The second-order valence-corrected chi connectivity index (χ2v) is 7.78. The Morgan fingerprint density at radius 1 is 1.43 bits per heavy atom. The SMILES string of the molecule is Cc1ccc(CS(=O)(=O)N[C@@H]2C[C@H]3OCCC[C@@H]23)c(F)c1. The van der Waals surface area contributed by atoms with Gasteiger partial charge in [-0.3, -0.25) is 0 Å². The van der Waals surface area contributed by atoms with E-state index in [1.807, 2.05) is 0 Å². The number of rotatable bonds is 4. The van der Waals surface area contributed by atoms with E-state index in [9.17, 15) is 12.8 Å². The van der Waals surface area contributed by atoms with Crippen molar-refractivity contribution in [1.29, 1.82) is 0 Å². The first kappa shape index (κ1) is 14.9. The number of halogens is 1. The molecule has 4 nitrogen and oxygen atoms in total. The molecule has 1 aromatic rings. The molecule has 1 aliphatic carbocycles. The lowest BCUT2D eigenvalue weighted by atomic mass is 9.73. The van der Waals surface area contributed by atoms with Crippen LogP contribution in [0.15, 0.2) is 18.2 Å². The van der Waals surface area contributed by atoms with Crippen LogP contribution in [0.1, 0.15) is 30.4 Å². The fourth-order valence-corrected chi connectivity index (χ4v) is 4.64. The summed E-state index contributed by atoms with van der Waals surface area (Å²) >= 11 is 0. The van der Waals surface area contributed by atoms with Gasteiger partial charge < -0.3 is 4.74 Å². The normalized spacial score (nSPS) is 28.8. The van der Waals surface area contributed by atoms with Crippen LogP contribution < -0.4 is 4.72 Å². The van der Waals surface area contributed by atoms with E-state index in [0.717, 1.165) is 31.4 Å². The van der Waals surface area contributed by atoms with Gasteiger partial charge in [0.25, 0.3) is 0 Å². The van der Waals surface area contributed by atoms with Gasteiger partial charge in [-0.15, -0.1) is 0 Å². The summed E-state index contributed by atoms with van der Waals surface area (Å²) in [5.41, 5.74) is 0.992. The first-order chi connectivity index (χ1) is 9.94. The Morgan fingerprint density at radius 2 is 2.24 bits per heavy atom. The van der Waals surface area contributed by atoms with E-state index in [1.54, 1.807) is 13.0 Å². The van der Waals surface area contributed by atoms with Gasteiger partial charge in [0.2, 0.25) is 10.0 Å². The molecule has 0 bridgehead atoms. The lowest BCUT2D eigenvalue weighted by molar-refractivity contribution is -0.0980. The topological polar surface area (TPSA) is 55.4 Å². The van der Waals surface area contributed by atoms with Gasteiger partial charge in [0, 0.05) is 24.1 Å². The van der Waals surface area contributed by atoms with Crippen molar-refractivity contribution < 1.29 is 17.5 Å². The Kier molecular flexibility index (Phi) is 4.03. The molecule has 0 amide bonds. The fraction of sp³-hybridized carbons (Fsp3) is 0.600. The highest BCUT2D eigenvalue weighted by atomic mass is 32.2. The van der Waals surface area contributed by atoms with Gasteiger partial charge in [0.1, 0.15) is 5.82 Å². The molecule has 21 heavy (non-hydrogen) atoms. The van der Waals surface area contributed by atoms with Gasteiger partial charge in [0.05, 0.1) is 11.9 Å². The van der Waals surface area contributed by atoms with E-state index >= 15 is 0 Å². The molecule has 0 radical (unpaired) electrons. The van der Waals surface area contributed by atoms with E-state index < -0.39 is 15.8 Å². The van der Waals surface area contributed by atoms with Crippen molar-refractivity contribution >= 4 is 10.0 Å². The molecule has 1 aliphatic heterocycles. The molecular formula is C15H20FNO3S. The minimum absolute atomic E-state index is 0.0613. The number of aryl methyl sites for hydroxylation is 1. The maximum absolute atomic E-state index is 13.8. The molecule has 2 fully saturated rings. The van der Waals surface area contributed by atoms with Crippen LogP contribution in [-0.2, 0) is 20.5 Å². The summed E-state index contributed by atoms with van der Waals surface area (Å²) in [5.74, 6) is -0.502. The molecule has 2 aliphatic rings. The molecule has 6 heteroatoms. The highest BCUT2D eigenvalue weighted by Crippen LogP contribution is 2.38. The number of hydrogen-bond acceptors (Lipinski definition) is 3. The third kappa shape index (κ3) is 3.27. The van der Waals surface area contributed by atoms with Crippen LogP contribution in [0.3, 0.4) is 0 Å². The summed E-state index contributed by atoms with van der Waals surface area (Å²) in [6.07, 6.45) is 2.89. The molecule has 1 N–H and O–H groups in total. The molecule has 0 spiro atoms. The van der Waals surface area contributed by atoms with Crippen LogP contribution in [0, 0.1) is 18.7 Å². The van der Waals surface area contributed by atoms with Gasteiger partial charge >= 0.3 is 0 Å². The summed E-state index contributed by atoms with van der Waals surface area (Å²) < 4.78 is 46.4. The third-order valence-electron chi connectivity index (χ3n) is 4.38. The van der Waals surface area contributed by atoms with E-state index in [0.29, 0.717) is 0 Å². The smallest absolute Gasteiger partial charge is 0.216 e. The number of benzene rings is 1. The summed E-state index contributed by atoms with van der Waals surface area (Å²) in [6.45, 7) is 2.55. The minimum Gasteiger partial charge on any atom is -0.378 e. The second kappa shape index (κ2) is 5.66. The quantitative estimate of drug-likeness (QED) is 0.926. The number of ether oxygens (including phenoxy) is 1. The van der Waals surface area contributed by atoms with Crippen molar-refractivity contribution in [2.45, 2.75) is 44.1 Å². The Hall–Kier alpha value is -0.980. The van der Waals surface area contributed by atoms with E-state index in [4.69, 9.17) is 4.74 Å². The molecular weight excluding hydrogens is 293 g/mol. The zero-order chi connectivity index (χ0) is 15.0. The van der Waals surface area contributed by atoms with Crippen molar-refractivity contribution in [3.8, 4) is 0 Å². The Balaban J connectivity index is 1.64. The van der Waals surface area contributed by atoms with Crippen molar-refractivity contribution in [3.63, 3.8) is 0 Å². The van der Waals surface area contributed by atoms with Crippen LogP contribution >= 0.6 is 0 Å². The van der Waals surface area contributed by atoms with Crippen LogP contribution in [0.25, 0.3) is 0 Å². The molecule has 3 rings (SSSR count). The number of fused-ring (bicyclic) bond motifs is 1. The maximum atomic E-state index is 13.8. The Bertz CT molecular complexity index is 632. The number of nitrogens with one attached hydrogen (secondary N) is 1. The lowest BCUT2D eigenvalue weighted by Gasteiger charge is -2.47. The second-order valence-electron chi connectivity index (χ2n) is 6.03. The third-order valence-corrected chi connectivity index (χ3v) is 5.73. The molecule has 0 aromatic heterocycles. The largest absolute Gasteiger partial charge is 0.378 e. The van der Waals surface area contributed by atoms with Crippen LogP contribution in [0.5, 0.6) is 0 Å². The minimum atomic E-state index is -3.53. The predicted molar refractivity (Wildman–Crippen MR) is 77.8 cm³/mol. The Labute approximate surface area is 124 Å². The summed E-state index contributed by atoms with van der Waals surface area (Å²) in [7, 11) is -3.53. The van der Waals surface area contributed by atoms with Gasteiger partial charge in [-0.25, -0.2) is 17.5 Å². The van der Waals surface area contributed by atoms with Crippen LogP contribution in [0.2, 0.25) is 0 Å². The molecule has 1 heterocycles. The zero-order valence-electron chi connectivity index (χ0n) is 12.0. The number of hydrogen-bond donors (Lipinski definition) is 1. The highest BCUT2D eigenvalue weighted by molar-refractivity contribution is 7.88. The van der Waals surface area contributed by atoms with Crippen molar-refractivity contribution in [2.24, 2.45) is 5.92 Å². The lowest BCUT2D eigenvalue weighted by Crippen LogP contribution is -2.57.